The highest BCUT2D eigenvalue weighted by Gasteiger charge is 2.11. The van der Waals surface area contributed by atoms with Crippen LogP contribution in [-0.2, 0) is 0 Å². The summed E-state index contributed by atoms with van der Waals surface area (Å²) >= 11 is 9.38. The van der Waals surface area contributed by atoms with Crippen LogP contribution in [-0.4, -0.2) is 19.1 Å². The maximum atomic E-state index is 12.0. The Hall–Kier alpha value is -1.52. The number of carbonyl (C=O) groups is 1. The highest BCUT2D eigenvalue weighted by atomic mass is 79.9. The molecule has 2 aromatic carbocycles. The molecule has 1 N–H and O–H groups in total. The van der Waals surface area contributed by atoms with E-state index in [1.54, 1.807) is 18.2 Å². The van der Waals surface area contributed by atoms with Crippen LogP contribution in [0.5, 0.6) is 5.75 Å². The number of nitrogens with one attached hydrogen (secondary N) is 1. The van der Waals surface area contributed by atoms with Crippen molar-refractivity contribution in [2.45, 2.75) is 6.42 Å². The minimum atomic E-state index is -0.180. The van der Waals surface area contributed by atoms with Crippen molar-refractivity contribution in [1.82, 2.24) is 5.32 Å². The molecule has 1 amide bonds. The molecule has 2 aromatic rings. The highest BCUT2D eigenvalue weighted by Crippen LogP contribution is 2.25. The fourth-order valence-corrected chi connectivity index (χ4v) is 2.33. The lowest BCUT2D eigenvalue weighted by Gasteiger charge is -2.08. The van der Waals surface area contributed by atoms with E-state index in [0.29, 0.717) is 28.2 Å². The molecule has 0 atom stereocenters. The van der Waals surface area contributed by atoms with Crippen LogP contribution in [0.3, 0.4) is 0 Å². The molecule has 0 fully saturated rings. The summed E-state index contributed by atoms with van der Waals surface area (Å²) in [6, 6.07) is 14.9. The second-order valence-corrected chi connectivity index (χ2v) is 5.60. The van der Waals surface area contributed by atoms with Crippen LogP contribution in [0, 0.1) is 0 Å². The van der Waals surface area contributed by atoms with Gasteiger partial charge in [0.15, 0.2) is 0 Å². The predicted molar refractivity (Wildman–Crippen MR) is 88.0 cm³/mol. The largest absolute Gasteiger partial charge is 0.494 e. The lowest BCUT2D eigenvalue weighted by atomic mass is 10.2. The normalized spacial score (nSPS) is 10.2. The molecular formula is C16H15BrClNO2. The van der Waals surface area contributed by atoms with Gasteiger partial charge >= 0.3 is 0 Å². The molecule has 21 heavy (non-hydrogen) atoms. The first kappa shape index (κ1) is 15.9. The van der Waals surface area contributed by atoms with Crippen LogP contribution in [0.4, 0.5) is 0 Å². The fourth-order valence-electron chi connectivity index (χ4n) is 1.76. The van der Waals surface area contributed by atoms with Gasteiger partial charge in [-0.15, -0.1) is 0 Å². The lowest BCUT2D eigenvalue weighted by Crippen LogP contribution is -2.25. The Morgan fingerprint density at radius 3 is 2.67 bits per heavy atom. The van der Waals surface area contributed by atoms with E-state index >= 15 is 0 Å². The van der Waals surface area contributed by atoms with Gasteiger partial charge in [-0.2, -0.15) is 0 Å². The summed E-state index contributed by atoms with van der Waals surface area (Å²) < 4.78 is 6.26. The molecule has 2 rings (SSSR count). The van der Waals surface area contributed by atoms with Gasteiger partial charge in [0.2, 0.25) is 0 Å². The van der Waals surface area contributed by atoms with E-state index in [2.05, 4.69) is 21.2 Å². The van der Waals surface area contributed by atoms with Gasteiger partial charge in [-0.3, -0.25) is 4.79 Å². The van der Waals surface area contributed by atoms with E-state index < -0.39 is 0 Å². The second kappa shape index (κ2) is 8.05. The fraction of sp³-hybridized carbons (Fsp3) is 0.188. The van der Waals surface area contributed by atoms with Crippen molar-refractivity contribution in [3.8, 4) is 5.75 Å². The zero-order chi connectivity index (χ0) is 15.1. The van der Waals surface area contributed by atoms with E-state index in [1.807, 2.05) is 30.3 Å². The molecule has 0 aromatic heterocycles. The number of benzene rings is 2. The molecule has 0 aliphatic heterocycles. The third-order valence-corrected chi connectivity index (χ3v) is 4.11. The predicted octanol–water partition coefficient (Wildman–Crippen LogP) is 4.30. The zero-order valence-electron chi connectivity index (χ0n) is 11.3. The van der Waals surface area contributed by atoms with E-state index in [4.69, 9.17) is 16.3 Å². The Morgan fingerprint density at radius 1 is 1.14 bits per heavy atom. The van der Waals surface area contributed by atoms with Crippen LogP contribution in [0.15, 0.2) is 53.0 Å². The van der Waals surface area contributed by atoms with Crippen LogP contribution < -0.4 is 10.1 Å². The number of para-hydroxylation sites is 1. The summed E-state index contributed by atoms with van der Waals surface area (Å²) in [4.78, 5) is 12.0. The van der Waals surface area contributed by atoms with Crippen molar-refractivity contribution in [2.75, 3.05) is 13.2 Å². The first-order chi connectivity index (χ1) is 10.2. The minimum Gasteiger partial charge on any atom is -0.494 e. The molecule has 0 bridgehead atoms. The molecule has 110 valence electrons. The standard InChI is InChI=1S/C16H15BrClNO2/c17-14-9-4-8-13(15(14)18)16(20)19-10-5-11-21-12-6-2-1-3-7-12/h1-4,6-9H,5,10-11H2,(H,19,20). The third kappa shape index (κ3) is 4.76. The monoisotopic (exact) mass is 367 g/mol. The number of carbonyl (C=O) groups excluding carboxylic acids is 1. The average molecular weight is 369 g/mol. The zero-order valence-corrected chi connectivity index (χ0v) is 13.7. The molecule has 3 nitrogen and oxygen atoms in total. The number of ether oxygens (including phenoxy) is 1. The van der Waals surface area contributed by atoms with Crippen molar-refractivity contribution in [1.29, 1.82) is 0 Å². The second-order valence-electron chi connectivity index (χ2n) is 4.37. The SMILES string of the molecule is O=C(NCCCOc1ccccc1)c1cccc(Br)c1Cl. The molecule has 5 heteroatoms. The van der Waals surface area contributed by atoms with Crippen molar-refractivity contribution in [3.63, 3.8) is 0 Å². The molecule has 0 saturated carbocycles. The summed E-state index contributed by atoms with van der Waals surface area (Å²) in [7, 11) is 0. The first-order valence-electron chi connectivity index (χ1n) is 6.58. The van der Waals surface area contributed by atoms with Crippen LogP contribution >= 0.6 is 27.5 Å². The van der Waals surface area contributed by atoms with Crippen molar-refractivity contribution in [2.24, 2.45) is 0 Å². The third-order valence-electron chi connectivity index (χ3n) is 2.81. The maximum Gasteiger partial charge on any atom is 0.252 e. The molecule has 0 spiro atoms. The highest BCUT2D eigenvalue weighted by molar-refractivity contribution is 9.10. The first-order valence-corrected chi connectivity index (χ1v) is 7.75. The summed E-state index contributed by atoms with van der Waals surface area (Å²) in [5, 5.41) is 3.26. The number of rotatable bonds is 6. The van der Waals surface area contributed by atoms with Gasteiger partial charge in [-0.25, -0.2) is 0 Å². The Balaban J connectivity index is 1.73. The van der Waals surface area contributed by atoms with Gasteiger partial charge in [0.25, 0.3) is 5.91 Å². The molecular weight excluding hydrogens is 354 g/mol. The summed E-state index contributed by atoms with van der Waals surface area (Å²) in [6.07, 6.45) is 0.728. The van der Waals surface area contributed by atoms with Crippen LogP contribution in [0.25, 0.3) is 0 Å². The van der Waals surface area contributed by atoms with Gasteiger partial charge < -0.3 is 10.1 Å². The molecule has 0 saturated heterocycles. The Kier molecular flexibility index (Phi) is 6.08. The molecule has 0 heterocycles. The van der Waals surface area contributed by atoms with Gasteiger partial charge in [0.05, 0.1) is 17.2 Å². The molecule has 0 unspecified atom stereocenters. The number of amides is 1. The lowest BCUT2D eigenvalue weighted by molar-refractivity contribution is 0.0951. The van der Waals surface area contributed by atoms with Crippen molar-refractivity contribution < 1.29 is 9.53 Å². The van der Waals surface area contributed by atoms with Crippen molar-refractivity contribution >= 4 is 33.4 Å². The topological polar surface area (TPSA) is 38.3 Å². The summed E-state index contributed by atoms with van der Waals surface area (Å²) in [6.45, 7) is 1.09. The van der Waals surface area contributed by atoms with E-state index in [0.717, 1.165) is 12.2 Å². The van der Waals surface area contributed by atoms with Gasteiger partial charge in [-0.1, -0.05) is 35.9 Å². The van der Waals surface area contributed by atoms with E-state index in [1.165, 1.54) is 0 Å². The average Bonchev–Trinajstić information content (AvgIpc) is 2.50. The quantitative estimate of drug-likeness (QED) is 0.772. The van der Waals surface area contributed by atoms with Crippen LogP contribution in [0.2, 0.25) is 5.02 Å². The number of hydrogen-bond acceptors (Lipinski definition) is 2. The van der Waals surface area contributed by atoms with E-state index in [-0.39, 0.29) is 5.91 Å². The maximum absolute atomic E-state index is 12.0. The Morgan fingerprint density at radius 2 is 1.90 bits per heavy atom. The Labute approximate surface area is 137 Å². The van der Waals surface area contributed by atoms with Crippen LogP contribution in [0.1, 0.15) is 16.8 Å². The van der Waals surface area contributed by atoms with Gasteiger partial charge in [0, 0.05) is 11.0 Å². The minimum absolute atomic E-state index is 0.180. The van der Waals surface area contributed by atoms with Gasteiger partial charge in [-0.05, 0) is 46.6 Å². The number of hydrogen-bond donors (Lipinski definition) is 1. The molecule has 0 aliphatic rings. The molecule has 0 aliphatic carbocycles. The smallest absolute Gasteiger partial charge is 0.252 e. The Bertz CT molecular complexity index is 604. The summed E-state index contributed by atoms with van der Waals surface area (Å²) in [5.74, 6) is 0.653. The van der Waals surface area contributed by atoms with E-state index in [9.17, 15) is 4.79 Å². The van der Waals surface area contributed by atoms with Crippen molar-refractivity contribution in [3.05, 3.63) is 63.6 Å². The summed E-state index contributed by atoms with van der Waals surface area (Å²) in [5.41, 5.74) is 0.468. The van der Waals surface area contributed by atoms with Gasteiger partial charge in [0.1, 0.15) is 5.75 Å². The number of halogens is 2. The molecule has 0 radical (unpaired) electrons.